The third-order valence-electron chi connectivity index (χ3n) is 14.9. The van der Waals surface area contributed by atoms with E-state index in [0.717, 1.165) is 49.8 Å². The SMILES string of the molecule is c1ccc(-c2nc(-c3ccccc3)nc(-c3cccc4oc5ccc(-c6ccc7c(ccc8cc(-c9cccc%10c9-c9ccccc9C%109c%10ccccc%10-c%10ccccc%109)ccc87)c6)cc5c34)n2)cc1. The van der Waals surface area contributed by atoms with Gasteiger partial charge in [-0.2, -0.15) is 0 Å². The third-order valence-corrected chi connectivity index (χ3v) is 14.9. The van der Waals surface area contributed by atoms with Gasteiger partial charge in [-0.15, -0.1) is 0 Å². The van der Waals surface area contributed by atoms with Crippen molar-refractivity contribution in [1.82, 2.24) is 15.0 Å². The van der Waals surface area contributed by atoms with Crippen LogP contribution in [-0.2, 0) is 5.41 Å². The molecule has 15 rings (SSSR count). The van der Waals surface area contributed by atoms with Crippen LogP contribution in [0.1, 0.15) is 22.3 Å². The summed E-state index contributed by atoms with van der Waals surface area (Å²) in [6, 6.07) is 85.3. The zero-order valence-electron chi connectivity index (χ0n) is 37.8. The molecule has 0 N–H and O–H groups in total. The summed E-state index contributed by atoms with van der Waals surface area (Å²) in [4.78, 5) is 15.1. The van der Waals surface area contributed by atoms with E-state index in [2.05, 4.69) is 164 Å². The lowest BCUT2D eigenvalue weighted by atomic mass is 9.70. The van der Waals surface area contributed by atoms with Gasteiger partial charge in [0.05, 0.1) is 5.41 Å². The van der Waals surface area contributed by atoms with Gasteiger partial charge in [0, 0.05) is 27.5 Å². The van der Waals surface area contributed by atoms with Gasteiger partial charge >= 0.3 is 0 Å². The molecule has 13 aromatic rings. The van der Waals surface area contributed by atoms with Gasteiger partial charge in [-0.1, -0.05) is 206 Å². The van der Waals surface area contributed by atoms with Gasteiger partial charge in [0.2, 0.25) is 0 Å². The summed E-state index contributed by atoms with van der Waals surface area (Å²) in [5.74, 6) is 1.85. The first-order chi connectivity index (χ1) is 34.7. The van der Waals surface area contributed by atoms with E-state index in [4.69, 9.17) is 19.4 Å². The second-order valence-corrected chi connectivity index (χ2v) is 18.6. The zero-order chi connectivity index (χ0) is 45.9. The Morgan fingerprint density at radius 3 is 1.44 bits per heavy atom. The number of fused-ring (bicyclic) bond motifs is 16. The number of furan rings is 1. The summed E-state index contributed by atoms with van der Waals surface area (Å²) in [5, 5.41) is 6.86. The van der Waals surface area contributed by atoms with E-state index in [0.29, 0.717) is 17.5 Å². The van der Waals surface area contributed by atoms with Gasteiger partial charge in [0.1, 0.15) is 11.2 Å². The number of benzene rings is 11. The van der Waals surface area contributed by atoms with Gasteiger partial charge in [-0.3, -0.25) is 0 Å². The van der Waals surface area contributed by atoms with Crippen molar-refractivity contribution in [3.05, 3.63) is 259 Å². The van der Waals surface area contributed by atoms with Crippen LogP contribution >= 0.6 is 0 Å². The highest BCUT2D eigenvalue weighted by Gasteiger charge is 2.52. The summed E-state index contributed by atoms with van der Waals surface area (Å²) in [5.41, 5.74) is 19.4. The van der Waals surface area contributed by atoms with Crippen LogP contribution in [0.2, 0.25) is 0 Å². The van der Waals surface area contributed by atoms with E-state index in [1.165, 1.54) is 77.2 Å². The molecule has 0 aliphatic heterocycles. The lowest BCUT2D eigenvalue weighted by Crippen LogP contribution is -2.25. The Morgan fingerprint density at radius 2 is 0.771 bits per heavy atom. The summed E-state index contributed by atoms with van der Waals surface area (Å²) in [6.45, 7) is 0. The minimum absolute atomic E-state index is 0.370. The number of aromatic nitrogens is 3. The predicted octanol–water partition coefficient (Wildman–Crippen LogP) is 16.8. The van der Waals surface area contributed by atoms with Crippen molar-refractivity contribution in [1.29, 1.82) is 0 Å². The van der Waals surface area contributed by atoms with E-state index in [1.807, 2.05) is 72.8 Å². The van der Waals surface area contributed by atoms with Crippen molar-refractivity contribution < 1.29 is 4.42 Å². The molecule has 70 heavy (non-hydrogen) atoms. The molecule has 2 aromatic heterocycles. The van der Waals surface area contributed by atoms with Crippen molar-refractivity contribution in [2.24, 2.45) is 0 Å². The molecule has 0 saturated heterocycles. The normalized spacial score (nSPS) is 13.0. The molecule has 2 heterocycles. The second kappa shape index (κ2) is 14.9. The molecule has 0 unspecified atom stereocenters. The van der Waals surface area contributed by atoms with Crippen LogP contribution < -0.4 is 0 Å². The second-order valence-electron chi connectivity index (χ2n) is 18.6. The fourth-order valence-corrected chi connectivity index (χ4v) is 11.9. The Bertz CT molecular complexity index is 4200. The van der Waals surface area contributed by atoms with E-state index in [-0.39, 0.29) is 5.41 Å². The van der Waals surface area contributed by atoms with Crippen LogP contribution in [0.3, 0.4) is 0 Å². The van der Waals surface area contributed by atoms with Gasteiger partial charge < -0.3 is 4.42 Å². The molecule has 2 aliphatic rings. The summed E-state index contributed by atoms with van der Waals surface area (Å²) in [6.07, 6.45) is 0. The molecule has 4 heteroatoms. The van der Waals surface area contributed by atoms with Gasteiger partial charge in [-0.05, 0) is 119 Å². The fraction of sp³-hybridized carbons (Fsp3) is 0.0152. The highest BCUT2D eigenvalue weighted by molar-refractivity contribution is 6.14. The third kappa shape index (κ3) is 5.56. The maximum atomic E-state index is 6.52. The minimum Gasteiger partial charge on any atom is -0.456 e. The highest BCUT2D eigenvalue weighted by Crippen LogP contribution is 2.64. The molecule has 0 saturated carbocycles. The fourth-order valence-electron chi connectivity index (χ4n) is 11.9. The van der Waals surface area contributed by atoms with Crippen LogP contribution in [0.15, 0.2) is 241 Å². The standard InChI is InChI=1S/C66H39N3O/c1-3-15-40(16-4-1)63-67-64(41-17-5-2-6-18-41)69-65(68-63)53-23-14-28-60-62(53)54-39-43(33-36-59(54)70-60)42-31-34-47-44(37-42)29-30-45-38-46(32-35-48(45)47)49-22-13-27-58-61(49)52-21-9-12-26-57(52)66(58)55-24-10-7-19-50(55)51-20-8-11-25-56(51)66/h1-39H. The van der Waals surface area contributed by atoms with Crippen molar-refractivity contribution in [2.75, 3.05) is 0 Å². The van der Waals surface area contributed by atoms with Crippen molar-refractivity contribution in [3.63, 3.8) is 0 Å². The Kier molecular flexibility index (Phi) is 8.25. The smallest absolute Gasteiger partial charge is 0.164 e. The molecule has 4 nitrogen and oxygen atoms in total. The average Bonchev–Trinajstić information content (AvgIpc) is 4.07. The molecule has 0 fully saturated rings. The molecule has 0 radical (unpaired) electrons. The molecule has 2 aliphatic carbocycles. The first-order valence-electron chi connectivity index (χ1n) is 23.9. The van der Waals surface area contributed by atoms with Crippen LogP contribution in [0.4, 0.5) is 0 Å². The van der Waals surface area contributed by atoms with Crippen molar-refractivity contribution >= 4 is 43.5 Å². The maximum Gasteiger partial charge on any atom is 0.164 e. The Balaban J connectivity index is 0.827. The minimum atomic E-state index is -0.370. The molecular formula is C66H39N3O. The quantitative estimate of drug-likeness (QED) is 0.162. The van der Waals surface area contributed by atoms with E-state index in [9.17, 15) is 0 Å². The van der Waals surface area contributed by atoms with Crippen LogP contribution in [0.25, 0.3) is 122 Å². The largest absolute Gasteiger partial charge is 0.456 e. The molecule has 0 atom stereocenters. The molecule has 11 aromatic carbocycles. The first-order valence-corrected chi connectivity index (χ1v) is 23.9. The van der Waals surface area contributed by atoms with Crippen LogP contribution in [-0.4, -0.2) is 15.0 Å². The summed E-state index contributed by atoms with van der Waals surface area (Å²) >= 11 is 0. The first kappa shape index (κ1) is 38.8. The van der Waals surface area contributed by atoms with Crippen LogP contribution in [0, 0.1) is 0 Å². The van der Waals surface area contributed by atoms with Crippen LogP contribution in [0.5, 0.6) is 0 Å². The number of hydrogen-bond acceptors (Lipinski definition) is 4. The predicted molar refractivity (Wildman–Crippen MR) is 286 cm³/mol. The maximum absolute atomic E-state index is 6.52. The van der Waals surface area contributed by atoms with Crippen molar-refractivity contribution in [2.45, 2.75) is 5.41 Å². The molecule has 0 bridgehead atoms. The van der Waals surface area contributed by atoms with Gasteiger partial charge in [0.25, 0.3) is 0 Å². The Hall–Kier alpha value is -9.25. The molecule has 0 amide bonds. The summed E-state index contributed by atoms with van der Waals surface area (Å²) < 4.78 is 6.52. The number of hydrogen-bond donors (Lipinski definition) is 0. The molecule has 1 spiro atoms. The Morgan fingerprint density at radius 1 is 0.286 bits per heavy atom. The van der Waals surface area contributed by atoms with E-state index >= 15 is 0 Å². The van der Waals surface area contributed by atoms with E-state index < -0.39 is 0 Å². The van der Waals surface area contributed by atoms with Gasteiger partial charge in [-0.25, -0.2) is 15.0 Å². The van der Waals surface area contributed by atoms with Gasteiger partial charge in [0.15, 0.2) is 17.5 Å². The topological polar surface area (TPSA) is 51.8 Å². The van der Waals surface area contributed by atoms with Crippen molar-refractivity contribution in [3.8, 4) is 78.7 Å². The lowest BCUT2D eigenvalue weighted by molar-refractivity contribution is 0.669. The Labute approximate surface area is 403 Å². The van der Waals surface area contributed by atoms with E-state index in [1.54, 1.807) is 0 Å². The average molecular weight is 890 g/mol. The number of rotatable bonds is 5. The molecular weight excluding hydrogens is 851 g/mol. The zero-order valence-corrected chi connectivity index (χ0v) is 37.8. The monoisotopic (exact) mass is 889 g/mol. The molecule has 324 valence electrons. The summed E-state index contributed by atoms with van der Waals surface area (Å²) in [7, 11) is 0. The number of nitrogens with zero attached hydrogens (tertiary/aromatic N) is 3. The highest BCUT2D eigenvalue weighted by atomic mass is 16.3. The lowest BCUT2D eigenvalue weighted by Gasteiger charge is -2.30.